The number of nitrogens with two attached hydrogens (primary N) is 1. The van der Waals surface area contributed by atoms with E-state index in [0.29, 0.717) is 0 Å². The van der Waals surface area contributed by atoms with E-state index < -0.39 is 0 Å². The molecule has 0 aliphatic carbocycles. The molecule has 22 heavy (non-hydrogen) atoms. The van der Waals surface area contributed by atoms with Gasteiger partial charge in [-0.05, 0) is 49.2 Å². The molecule has 0 radical (unpaired) electrons. The summed E-state index contributed by atoms with van der Waals surface area (Å²) in [5.41, 5.74) is 9.33. The van der Waals surface area contributed by atoms with Gasteiger partial charge in [0.1, 0.15) is 0 Å². The first-order valence-corrected chi connectivity index (χ1v) is 8.18. The van der Waals surface area contributed by atoms with Crippen LogP contribution in [0.5, 0.6) is 0 Å². The highest BCUT2D eigenvalue weighted by Crippen LogP contribution is 2.18. The first kappa shape index (κ1) is 14.9. The fraction of sp³-hybridized carbons (Fsp3) is 0.368. The van der Waals surface area contributed by atoms with E-state index in [2.05, 4.69) is 52.3 Å². The van der Waals surface area contributed by atoms with Gasteiger partial charge in [0.15, 0.2) is 0 Å². The van der Waals surface area contributed by atoms with Crippen LogP contribution in [0.15, 0.2) is 54.6 Å². The molecule has 0 bridgehead atoms. The van der Waals surface area contributed by atoms with E-state index >= 15 is 0 Å². The molecular weight excluding hydrogens is 270 g/mol. The van der Waals surface area contributed by atoms with Gasteiger partial charge in [0, 0.05) is 37.6 Å². The average molecular weight is 295 g/mol. The van der Waals surface area contributed by atoms with Crippen LogP contribution in [0.25, 0.3) is 0 Å². The van der Waals surface area contributed by atoms with Crippen molar-refractivity contribution in [3.8, 4) is 0 Å². The van der Waals surface area contributed by atoms with Crippen molar-refractivity contribution in [1.29, 1.82) is 0 Å². The number of hydrogen-bond acceptors (Lipinski definition) is 3. The quantitative estimate of drug-likeness (QED) is 0.861. The Kier molecular flexibility index (Phi) is 4.96. The summed E-state index contributed by atoms with van der Waals surface area (Å²) in [6.45, 7) is 5.72. The van der Waals surface area contributed by atoms with Gasteiger partial charge in [-0.3, -0.25) is 4.90 Å². The topological polar surface area (TPSA) is 32.5 Å². The standard InChI is InChI=1S/C19H25N3/c20-18-8-10-19(11-9-18)22-15-13-21(14-16-22)12-4-7-17-5-2-1-3-6-17/h1-3,5-6,8-11H,4,7,12-16,20H2. The summed E-state index contributed by atoms with van der Waals surface area (Å²) in [6, 6.07) is 19.0. The monoisotopic (exact) mass is 295 g/mol. The van der Waals surface area contributed by atoms with Gasteiger partial charge in [-0.2, -0.15) is 0 Å². The highest BCUT2D eigenvalue weighted by atomic mass is 15.3. The van der Waals surface area contributed by atoms with Crippen LogP contribution in [0, 0.1) is 0 Å². The predicted molar refractivity (Wildman–Crippen MR) is 94.3 cm³/mol. The Hall–Kier alpha value is -2.00. The second-order valence-electron chi connectivity index (χ2n) is 6.01. The Labute approximate surface area is 133 Å². The smallest absolute Gasteiger partial charge is 0.0368 e. The maximum absolute atomic E-state index is 5.75. The SMILES string of the molecule is Nc1ccc(N2CCN(CCCc3ccccc3)CC2)cc1. The van der Waals surface area contributed by atoms with Gasteiger partial charge in [0.25, 0.3) is 0 Å². The minimum absolute atomic E-state index is 0.836. The van der Waals surface area contributed by atoms with Crippen LogP contribution < -0.4 is 10.6 Å². The van der Waals surface area contributed by atoms with Crippen LogP contribution in [0.1, 0.15) is 12.0 Å². The minimum atomic E-state index is 0.836. The average Bonchev–Trinajstić information content (AvgIpc) is 2.57. The van der Waals surface area contributed by atoms with Gasteiger partial charge in [-0.1, -0.05) is 30.3 Å². The molecule has 0 spiro atoms. The molecule has 3 rings (SSSR count). The summed E-state index contributed by atoms with van der Waals surface area (Å²) in [4.78, 5) is 5.03. The van der Waals surface area contributed by atoms with Crippen molar-refractivity contribution in [3.63, 3.8) is 0 Å². The third-order valence-corrected chi connectivity index (χ3v) is 4.41. The number of piperazine rings is 1. The molecule has 116 valence electrons. The van der Waals surface area contributed by atoms with Gasteiger partial charge in [-0.25, -0.2) is 0 Å². The molecule has 3 nitrogen and oxygen atoms in total. The number of benzene rings is 2. The van der Waals surface area contributed by atoms with Gasteiger partial charge in [-0.15, -0.1) is 0 Å². The molecule has 0 saturated carbocycles. The summed E-state index contributed by atoms with van der Waals surface area (Å²) < 4.78 is 0. The van der Waals surface area contributed by atoms with Crippen LogP contribution in [0.3, 0.4) is 0 Å². The third-order valence-electron chi connectivity index (χ3n) is 4.41. The van der Waals surface area contributed by atoms with E-state index in [9.17, 15) is 0 Å². The molecule has 0 unspecified atom stereocenters. The Bertz CT molecular complexity index is 557. The normalized spacial score (nSPS) is 15.9. The van der Waals surface area contributed by atoms with E-state index in [1.807, 2.05) is 12.1 Å². The zero-order valence-corrected chi connectivity index (χ0v) is 13.1. The van der Waals surface area contributed by atoms with Crippen molar-refractivity contribution < 1.29 is 0 Å². The second kappa shape index (κ2) is 7.32. The van der Waals surface area contributed by atoms with Gasteiger partial charge in [0.2, 0.25) is 0 Å². The van der Waals surface area contributed by atoms with Crippen LogP contribution in [0.2, 0.25) is 0 Å². The zero-order valence-electron chi connectivity index (χ0n) is 13.1. The summed E-state index contributed by atoms with van der Waals surface area (Å²) >= 11 is 0. The summed E-state index contributed by atoms with van der Waals surface area (Å²) in [5, 5.41) is 0. The van der Waals surface area contributed by atoms with Crippen molar-refractivity contribution >= 4 is 11.4 Å². The zero-order chi connectivity index (χ0) is 15.2. The van der Waals surface area contributed by atoms with E-state index in [1.165, 1.54) is 30.6 Å². The molecule has 1 aliphatic heterocycles. The minimum Gasteiger partial charge on any atom is -0.399 e. The predicted octanol–water partition coefficient (Wildman–Crippen LogP) is 3.02. The number of nitrogens with zero attached hydrogens (tertiary/aromatic N) is 2. The molecule has 1 saturated heterocycles. The molecule has 0 aromatic heterocycles. The van der Waals surface area contributed by atoms with Crippen LogP contribution in [-0.4, -0.2) is 37.6 Å². The van der Waals surface area contributed by atoms with Crippen molar-refractivity contribution in [2.24, 2.45) is 0 Å². The Morgan fingerprint density at radius 3 is 2.18 bits per heavy atom. The fourth-order valence-electron chi connectivity index (χ4n) is 3.07. The molecule has 0 amide bonds. The second-order valence-corrected chi connectivity index (χ2v) is 6.01. The molecule has 2 aromatic carbocycles. The largest absolute Gasteiger partial charge is 0.399 e. The van der Waals surface area contributed by atoms with Crippen LogP contribution in [-0.2, 0) is 6.42 Å². The molecule has 1 aliphatic rings. The van der Waals surface area contributed by atoms with E-state index in [4.69, 9.17) is 5.73 Å². The van der Waals surface area contributed by atoms with E-state index in [-0.39, 0.29) is 0 Å². The fourth-order valence-corrected chi connectivity index (χ4v) is 3.07. The van der Waals surface area contributed by atoms with Crippen molar-refractivity contribution in [2.45, 2.75) is 12.8 Å². The first-order chi connectivity index (χ1) is 10.8. The third kappa shape index (κ3) is 4.01. The van der Waals surface area contributed by atoms with Gasteiger partial charge < -0.3 is 10.6 Å². The number of nitrogen functional groups attached to an aromatic ring is 1. The summed E-state index contributed by atoms with van der Waals surface area (Å²) in [7, 11) is 0. The maximum Gasteiger partial charge on any atom is 0.0368 e. The lowest BCUT2D eigenvalue weighted by molar-refractivity contribution is 0.255. The lowest BCUT2D eigenvalue weighted by Crippen LogP contribution is -2.46. The molecule has 2 aromatic rings. The van der Waals surface area contributed by atoms with Crippen molar-refractivity contribution in [3.05, 3.63) is 60.2 Å². The van der Waals surface area contributed by atoms with E-state index in [1.54, 1.807) is 0 Å². The summed E-state index contributed by atoms with van der Waals surface area (Å²) in [6.07, 6.45) is 2.42. The molecule has 2 N–H and O–H groups in total. The molecular formula is C19H25N3. The molecule has 1 heterocycles. The summed E-state index contributed by atoms with van der Waals surface area (Å²) in [5.74, 6) is 0. The van der Waals surface area contributed by atoms with Crippen molar-refractivity contribution in [2.75, 3.05) is 43.4 Å². The molecule has 1 fully saturated rings. The van der Waals surface area contributed by atoms with Crippen LogP contribution in [0.4, 0.5) is 11.4 Å². The Morgan fingerprint density at radius 1 is 0.818 bits per heavy atom. The maximum atomic E-state index is 5.75. The lowest BCUT2D eigenvalue weighted by Gasteiger charge is -2.36. The Morgan fingerprint density at radius 2 is 1.50 bits per heavy atom. The highest BCUT2D eigenvalue weighted by molar-refractivity contribution is 5.53. The first-order valence-electron chi connectivity index (χ1n) is 8.18. The van der Waals surface area contributed by atoms with Crippen LogP contribution >= 0.6 is 0 Å². The molecule has 3 heteroatoms. The van der Waals surface area contributed by atoms with Gasteiger partial charge >= 0.3 is 0 Å². The van der Waals surface area contributed by atoms with Gasteiger partial charge in [0.05, 0.1) is 0 Å². The molecule has 0 atom stereocenters. The van der Waals surface area contributed by atoms with E-state index in [0.717, 1.165) is 31.9 Å². The number of rotatable bonds is 5. The highest BCUT2D eigenvalue weighted by Gasteiger charge is 2.16. The Balaban J connectivity index is 1.41. The lowest BCUT2D eigenvalue weighted by atomic mass is 10.1. The number of aryl methyl sites for hydroxylation is 1. The van der Waals surface area contributed by atoms with Crippen molar-refractivity contribution in [1.82, 2.24) is 4.90 Å². The number of hydrogen-bond donors (Lipinski definition) is 1. The number of anilines is 2.